The summed E-state index contributed by atoms with van der Waals surface area (Å²) in [6.07, 6.45) is 5.46. The molecule has 272 valence electrons. The monoisotopic (exact) mass is 747 g/mol. The second kappa shape index (κ2) is 12.9. The normalized spacial score (nSPS) is 19.0. The van der Waals surface area contributed by atoms with Gasteiger partial charge in [-0.1, -0.05) is 140 Å². The molecule has 1 nitrogen and oxygen atoms in total. The maximum atomic E-state index is 2.56. The Labute approximate surface area is 338 Å². The number of hydrogen-bond donors (Lipinski definition) is 0. The Morgan fingerprint density at radius 3 is 1.65 bits per heavy atom. The first kappa shape index (κ1) is 33.0. The Kier molecular flexibility index (Phi) is 7.47. The van der Waals surface area contributed by atoms with Crippen molar-refractivity contribution in [1.82, 2.24) is 0 Å². The van der Waals surface area contributed by atoms with Gasteiger partial charge in [0.15, 0.2) is 0 Å². The van der Waals surface area contributed by atoms with E-state index in [0.717, 1.165) is 28.9 Å². The first-order valence-corrected chi connectivity index (χ1v) is 21.3. The van der Waals surface area contributed by atoms with E-state index in [0.29, 0.717) is 0 Å². The molecule has 3 atom stereocenters. The molecule has 0 amide bonds. The average molecular weight is 748 g/mol. The van der Waals surface area contributed by atoms with E-state index in [-0.39, 0.29) is 5.41 Å². The summed E-state index contributed by atoms with van der Waals surface area (Å²) in [5, 5.41) is 2.67. The SMILES string of the molecule is c1ccc(-c2ccc(N(c3ccc(-c4ccc5c(c4)C4(CC6CCC4C6)c4ccccc4-5)cc3)c3ccc(-c4ccc5c(c4)sc4ccccc45)cc3)cc2)cc1. The molecule has 3 unspecified atom stereocenters. The van der Waals surface area contributed by atoms with Crippen molar-refractivity contribution in [1.29, 1.82) is 0 Å². The number of thiophene rings is 1. The van der Waals surface area contributed by atoms with Crippen LogP contribution in [0.2, 0.25) is 0 Å². The fourth-order valence-electron chi connectivity index (χ4n) is 11.0. The van der Waals surface area contributed by atoms with Crippen LogP contribution < -0.4 is 4.90 Å². The summed E-state index contributed by atoms with van der Waals surface area (Å²) in [7, 11) is 0. The highest BCUT2D eigenvalue weighted by Gasteiger charge is 2.56. The van der Waals surface area contributed by atoms with Gasteiger partial charge in [0.1, 0.15) is 0 Å². The zero-order valence-electron chi connectivity index (χ0n) is 31.7. The summed E-state index contributed by atoms with van der Waals surface area (Å²) in [5.41, 5.74) is 17.2. The van der Waals surface area contributed by atoms with Gasteiger partial charge in [-0.2, -0.15) is 0 Å². The topological polar surface area (TPSA) is 3.24 Å². The minimum atomic E-state index is 0.184. The van der Waals surface area contributed by atoms with Crippen LogP contribution in [0.1, 0.15) is 36.8 Å². The molecular formula is C55H41NS. The van der Waals surface area contributed by atoms with Crippen LogP contribution >= 0.6 is 11.3 Å². The molecule has 2 bridgehead atoms. The largest absolute Gasteiger partial charge is 0.311 e. The number of anilines is 3. The lowest BCUT2D eigenvalue weighted by Gasteiger charge is -2.36. The first-order valence-electron chi connectivity index (χ1n) is 20.5. The van der Waals surface area contributed by atoms with Crippen LogP contribution in [0, 0.1) is 11.8 Å². The van der Waals surface area contributed by atoms with Gasteiger partial charge in [0.25, 0.3) is 0 Å². The average Bonchev–Trinajstić information content (AvgIpc) is 4.06. The van der Waals surface area contributed by atoms with Crippen molar-refractivity contribution in [3.05, 3.63) is 199 Å². The van der Waals surface area contributed by atoms with Gasteiger partial charge < -0.3 is 4.90 Å². The molecular weight excluding hydrogens is 707 g/mol. The lowest BCUT2D eigenvalue weighted by Crippen LogP contribution is -2.31. The van der Waals surface area contributed by atoms with Crippen molar-refractivity contribution in [2.24, 2.45) is 11.8 Å². The summed E-state index contributed by atoms with van der Waals surface area (Å²) < 4.78 is 2.67. The third kappa shape index (κ3) is 5.20. The number of benzene rings is 8. The van der Waals surface area contributed by atoms with Crippen molar-refractivity contribution in [3.8, 4) is 44.5 Å². The fraction of sp³-hybridized carbons (Fsp3) is 0.127. The second-order valence-corrected chi connectivity index (χ2v) is 17.6. The standard InChI is InChI=1S/C55H41NS/c1-2-8-37(9-3-1)38-15-24-44(25-16-38)56(46-28-19-40(20-29-46)42-22-31-50-49-11-5-7-13-53(49)57-54(50)34-42)45-26-17-39(18-27-45)41-21-30-48-47-10-4-6-12-51(47)55(52(48)33-41)35-36-14-23-43(55)32-36/h1-13,15-22,24-31,33-34,36,43H,14,23,32,35H2. The lowest BCUT2D eigenvalue weighted by atomic mass is 9.66. The van der Waals surface area contributed by atoms with E-state index in [2.05, 4.69) is 193 Å². The molecule has 2 fully saturated rings. The van der Waals surface area contributed by atoms with Gasteiger partial charge in [0.05, 0.1) is 0 Å². The van der Waals surface area contributed by atoms with Crippen molar-refractivity contribution >= 4 is 48.6 Å². The van der Waals surface area contributed by atoms with Crippen molar-refractivity contribution in [3.63, 3.8) is 0 Å². The van der Waals surface area contributed by atoms with E-state index in [1.807, 2.05) is 11.3 Å². The summed E-state index contributed by atoms with van der Waals surface area (Å²) in [4.78, 5) is 2.39. The Morgan fingerprint density at radius 1 is 0.421 bits per heavy atom. The molecule has 9 aromatic rings. The van der Waals surface area contributed by atoms with E-state index < -0.39 is 0 Å². The maximum absolute atomic E-state index is 2.56. The molecule has 12 rings (SSSR count). The molecule has 3 aliphatic rings. The molecule has 8 aromatic carbocycles. The van der Waals surface area contributed by atoms with Crippen LogP contribution in [0.4, 0.5) is 17.1 Å². The third-order valence-electron chi connectivity index (χ3n) is 13.6. The third-order valence-corrected chi connectivity index (χ3v) is 14.7. The molecule has 0 aliphatic heterocycles. The summed E-state index contributed by atoms with van der Waals surface area (Å²) in [6, 6.07) is 70.2. The predicted molar refractivity (Wildman–Crippen MR) is 242 cm³/mol. The molecule has 1 heterocycles. The molecule has 0 radical (unpaired) electrons. The smallest absolute Gasteiger partial charge is 0.0462 e. The highest BCUT2D eigenvalue weighted by atomic mass is 32.1. The molecule has 57 heavy (non-hydrogen) atoms. The van der Waals surface area contributed by atoms with Gasteiger partial charge in [-0.25, -0.2) is 0 Å². The Balaban J connectivity index is 0.908. The van der Waals surface area contributed by atoms with Crippen LogP contribution in [-0.4, -0.2) is 0 Å². The molecule has 3 aliphatic carbocycles. The Hall–Kier alpha value is -6.22. The number of nitrogens with zero attached hydrogens (tertiary/aromatic N) is 1. The second-order valence-electron chi connectivity index (χ2n) is 16.5. The van der Waals surface area contributed by atoms with E-state index >= 15 is 0 Å². The van der Waals surface area contributed by atoms with Gasteiger partial charge in [0.2, 0.25) is 0 Å². The van der Waals surface area contributed by atoms with E-state index in [1.54, 1.807) is 11.1 Å². The maximum Gasteiger partial charge on any atom is 0.0462 e. The Bertz CT molecular complexity index is 2960. The minimum absolute atomic E-state index is 0.184. The van der Waals surface area contributed by atoms with Crippen molar-refractivity contribution in [2.75, 3.05) is 4.90 Å². The van der Waals surface area contributed by atoms with Gasteiger partial charge in [-0.3, -0.25) is 0 Å². The zero-order valence-corrected chi connectivity index (χ0v) is 32.6. The fourth-order valence-corrected chi connectivity index (χ4v) is 12.1. The Morgan fingerprint density at radius 2 is 0.965 bits per heavy atom. The first-order chi connectivity index (χ1) is 28.2. The highest BCUT2D eigenvalue weighted by Crippen LogP contribution is 2.65. The van der Waals surface area contributed by atoms with Crippen LogP contribution in [0.15, 0.2) is 188 Å². The van der Waals surface area contributed by atoms with Gasteiger partial charge in [0, 0.05) is 42.6 Å². The molecule has 1 spiro atoms. The van der Waals surface area contributed by atoms with Crippen LogP contribution in [0.25, 0.3) is 64.7 Å². The van der Waals surface area contributed by atoms with Crippen molar-refractivity contribution < 1.29 is 0 Å². The molecule has 2 saturated carbocycles. The number of hydrogen-bond acceptors (Lipinski definition) is 2. The quantitative estimate of drug-likeness (QED) is 0.164. The number of rotatable bonds is 6. The molecule has 0 saturated heterocycles. The van der Waals surface area contributed by atoms with E-state index in [9.17, 15) is 0 Å². The summed E-state index contributed by atoms with van der Waals surface area (Å²) in [6.45, 7) is 0. The summed E-state index contributed by atoms with van der Waals surface area (Å²) in [5.74, 6) is 1.62. The van der Waals surface area contributed by atoms with Gasteiger partial charge in [-0.05, 0) is 141 Å². The zero-order chi connectivity index (χ0) is 37.5. The van der Waals surface area contributed by atoms with E-state index in [1.165, 1.54) is 90.4 Å². The minimum Gasteiger partial charge on any atom is -0.311 e. The molecule has 2 heteroatoms. The van der Waals surface area contributed by atoms with Gasteiger partial charge >= 0.3 is 0 Å². The predicted octanol–water partition coefficient (Wildman–Crippen LogP) is 15.6. The summed E-state index contributed by atoms with van der Waals surface area (Å²) >= 11 is 1.87. The molecule has 1 aromatic heterocycles. The van der Waals surface area contributed by atoms with Gasteiger partial charge in [-0.15, -0.1) is 11.3 Å². The van der Waals surface area contributed by atoms with Crippen LogP contribution in [0.5, 0.6) is 0 Å². The molecule has 0 N–H and O–H groups in total. The van der Waals surface area contributed by atoms with Crippen LogP contribution in [0.3, 0.4) is 0 Å². The lowest BCUT2D eigenvalue weighted by molar-refractivity contribution is 0.327. The highest BCUT2D eigenvalue weighted by molar-refractivity contribution is 7.25. The van der Waals surface area contributed by atoms with E-state index in [4.69, 9.17) is 0 Å². The van der Waals surface area contributed by atoms with Crippen molar-refractivity contribution in [2.45, 2.75) is 31.1 Å². The number of fused-ring (bicyclic) bond motifs is 11. The van der Waals surface area contributed by atoms with Crippen LogP contribution in [-0.2, 0) is 5.41 Å².